The van der Waals surface area contributed by atoms with Crippen LogP contribution in [0, 0.1) is 29.9 Å². The van der Waals surface area contributed by atoms with Crippen molar-refractivity contribution in [2.45, 2.75) is 13.5 Å². The molecule has 4 heteroatoms. The summed E-state index contributed by atoms with van der Waals surface area (Å²) in [5.41, 5.74) is 1.35. The summed E-state index contributed by atoms with van der Waals surface area (Å²) < 4.78 is 32.1. The van der Waals surface area contributed by atoms with Crippen LogP contribution in [0.25, 0.3) is 0 Å². The Morgan fingerprint density at radius 2 is 1.95 bits per heavy atom. The molecule has 0 aliphatic rings. The lowest BCUT2D eigenvalue weighted by Crippen LogP contribution is -2.00. The third-order valence-corrected chi connectivity index (χ3v) is 2.72. The lowest BCUT2D eigenvalue weighted by molar-refractivity contribution is 0.296. The normalized spacial score (nSPS) is 10.0. The van der Waals surface area contributed by atoms with Crippen LogP contribution in [0.4, 0.5) is 8.78 Å². The predicted octanol–water partition coefficient (Wildman–Crippen LogP) is 3.72. The molecular formula is C15H11F2NO. The van der Waals surface area contributed by atoms with Crippen molar-refractivity contribution in [1.82, 2.24) is 0 Å². The van der Waals surface area contributed by atoms with Crippen LogP contribution in [0.2, 0.25) is 0 Å². The van der Waals surface area contributed by atoms with Gasteiger partial charge in [-0.1, -0.05) is 12.1 Å². The van der Waals surface area contributed by atoms with Crippen LogP contribution < -0.4 is 4.74 Å². The van der Waals surface area contributed by atoms with Crippen molar-refractivity contribution in [1.29, 1.82) is 5.26 Å². The molecule has 0 amide bonds. The zero-order chi connectivity index (χ0) is 13.8. The number of ether oxygens (including phenoxy) is 1. The van der Waals surface area contributed by atoms with Crippen molar-refractivity contribution in [3.8, 4) is 11.8 Å². The van der Waals surface area contributed by atoms with Crippen molar-refractivity contribution in [2.75, 3.05) is 0 Å². The molecule has 0 bridgehead atoms. The van der Waals surface area contributed by atoms with Crippen LogP contribution in [0.15, 0.2) is 36.4 Å². The molecule has 0 unspecified atom stereocenters. The molecule has 0 fully saturated rings. The molecule has 0 radical (unpaired) electrons. The Hall–Kier alpha value is -2.41. The topological polar surface area (TPSA) is 33.0 Å². The molecule has 0 saturated heterocycles. The summed E-state index contributed by atoms with van der Waals surface area (Å²) in [6.45, 7) is 1.77. The quantitative estimate of drug-likeness (QED) is 0.841. The van der Waals surface area contributed by atoms with Crippen LogP contribution in [-0.4, -0.2) is 0 Å². The second kappa shape index (κ2) is 5.49. The number of benzene rings is 2. The number of hydrogen-bond acceptors (Lipinski definition) is 2. The maximum absolute atomic E-state index is 13.6. The lowest BCUT2D eigenvalue weighted by atomic mass is 10.1. The maximum Gasteiger partial charge on any atom is 0.131 e. The molecule has 2 rings (SSSR count). The van der Waals surface area contributed by atoms with Gasteiger partial charge in [0.15, 0.2) is 0 Å². The summed E-state index contributed by atoms with van der Waals surface area (Å²) in [5, 5.41) is 8.64. The number of aryl methyl sites for hydroxylation is 1. The highest BCUT2D eigenvalue weighted by Gasteiger charge is 2.06. The molecule has 2 aromatic carbocycles. The van der Waals surface area contributed by atoms with E-state index in [1.807, 2.05) is 6.07 Å². The highest BCUT2D eigenvalue weighted by molar-refractivity contribution is 5.35. The summed E-state index contributed by atoms with van der Waals surface area (Å²) in [6, 6.07) is 10.2. The second-order valence-electron chi connectivity index (χ2n) is 4.12. The van der Waals surface area contributed by atoms with Crippen molar-refractivity contribution in [3.05, 3.63) is 64.7 Å². The van der Waals surface area contributed by atoms with E-state index in [1.54, 1.807) is 13.0 Å². The Morgan fingerprint density at radius 3 is 2.63 bits per heavy atom. The Balaban J connectivity index is 2.15. The van der Waals surface area contributed by atoms with Crippen LogP contribution in [-0.2, 0) is 6.61 Å². The Bertz CT molecular complexity index is 647. The van der Waals surface area contributed by atoms with Crippen LogP contribution in [0.5, 0.6) is 5.75 Å². The largest absolute Gasteiger partial charge is 0.488 e. The molecule has 0 atom stereocenters. The van der Waals surface area contributed by atoms with Gasteiger partial charge in [0, 0.05) is 11.6 Å². The van der Waals surface area contributed by atoms with Crippen molar-refractivity contribution in [3.63, 3.8) is 0 Å². The van der Waals surface area contributed by atoms with E-state index in [-0.39, 0.29) is 12.2 Å². The highest BCUT2D eigenvalue weighted by Crippen LogP contribution is 2.21. The number of hydrogen-bond donors (Lipinski definition) is 0. The van der Waals surface area contributed by atoms with E-state index in [0.29, 0.717) is 11.3 Å². The molecule has 0 N–H and O–H groups in total. The van der Waals surface area contributed by atoms with E-state index in [9.17, 15) is 8.78 Å². The third-order valence-electron chi connectivity index (χ3n) is 2.72. The van der Waals surface area contributed by atoms with Gasteiger partial charge in [0.05, 0.1) is 11.6 Å². The van der Waals surface area contributed by atoms with Gasteiger partial charge in [0.2, 0.25) is 0 Å². The van der Waals surface area contributed by atoms with Gasteiger partial charge < -0.3 is 4.74 Å². The summed E-state index contributed by atoms with van der Waals surface area (Å²) in [7, 11) is 0. The molecule has 19 heavy (non-hydrogen) atoms. The van der Waals surface area contributed by atoms with Crippen molar-refractivity contribution in [2.24, 2.45) is 0 Å². The van der Waals surface area contributed by atoms with Gasteiger partial charge in [0.1, 0.15) is 24.0 Å². The highest BCUT2D eigenvalue weighted by atomic mass is 19.1. The minimum Gasteiger partial charge on any atom is -0.488 e. The van der Waals surface area contributed by atoms with E-state index < -0.39 is 11.6 Å². The van der Waals surface area contributed by atoms with E-state index in [2.05, 4.69) is 0 Å². The smallest absolute Gasteiger partial charge is 0.131 e. The molecule has 0 heterocycles. The van der Waals surface area contributed by atoms with E-state index in [4.69, 9.17) is 10.00 Å². The SMILES string of the molecule is Cc1ccc(F)cc1OCc1ccc(C#N)cc1F. The van der Waals surface area contributed by atoms with Gasteiger partial charge in [-0.05, 0) is 30.7 Å². The van der Waals surface area contributed by atoms with Gasteiger partial charge in [-0.2, -0.15) is 5.26 Å². The first-order valence-electron chi connectivity index (χ1n) is 5.67. The van der Waals surface area contributed by atoms with Crippen LogP contribution >= 0.6 is 0 Å². The van der Waals surface area contributed by atoms with Gasteiger partial charge in [-0.25, -0.2) is 8.78 Å². The Morgan fingerprint density at radius 1 is 1.16 bits per heavy atom. The van der Waals surface area contributed by atoms with E-state index in [0.717, 1.165) is 11.6 Å². The van der Waals surface area contributed by atoms with E-state index in [1.165, 1.54) is 24.3 Å². The maximum atomic E-state index is 13.6. The lowest BCUT2D eigenvalue weighted by Gasteiger charge is -2.10. The summed E-state index contributed by atoms with van der Waals surface area (Å²) >= 11 is 0. The molecule has 2 nitrogen and oxygen atoms in total. The van der Waals surface area contributed by atoms with Gasteiger partial charge >= 0.3 is 0 Å². The van der Waals surface area contributed by atoms with Crippen LogP contribution in [0.3, 0.4) is 0 Å². The first-order chi connectivity index (χ1) is 9.10. The number of halogens is 2. The molecule has 0 saturated carbocycles. The first-order valence-corrected chi connectivity index (χ1v) is 5.67. The Labute approximate surface area is 109 Å². The van der Waals surface area contributed by atoms with Gasteiger partial charge in [-0.3, -0.25) is 0 Å². The number of rotatable bonds is 3. The van der Waals surface area contributed by atoms with Crippen LogP contribution in [0.1, 0.15) is 16.7 Å². The predicted molar refractivity (Wildman–Crippen MR) is 66.6 cm³/mol. The molecule has 96 valence electrons. The molecule has 0 aromatic heterocycles. The van der Waals surface area contributed by atoms with Crippen molar-refractivity contribution < 1.29 is 13.5 Å². The minimum atomic E-state index is -0.506. The first kappa shape index (κ1) is 13.0. The number of nitrogens with zero attached hydrogens (tertiary/aromatic N) is 1. The monoisotopic (exact) mass is 259 g/mol. The fraction of sp³-hybridized carbons (Fsp3) is 0.133. The molecule has 0 spiro atoms. The average molecular weight is 259 g/mol. The van der Waals surface area contributed by atoms with E-state index >= 15 is 0 Å². The fourth-order valence-corrected chi connectivity index (χ4v) is 1.62. The summed E-state index contributed by atoms with van der Waals surface area (Å²) in [4.78, 5) is 0. The molecule has 0 aliphatic carbocycles. The summed E-state index contributed by atoms with van der Waals surface area (Å²) in [5.74, 6) is -0.530. The zero-order valence-electron chi connectivity index (χ0n) is 10.3. The number of nitriles is 1. The molecule has 2 aromatic rings. The molecule has 0 aliphatic heterocycles. The zero-order valence-corrected chi connectivity index (χ0v) is 10.3. The second-order valence-corrected chi connectivity index (χ2v) is 4.12. The third kappa shape index (κ3) is 3.08. The van der Waals surface area contributed by atoms with Gasteiger partial charge in [-0.15, -0.1) is 0 Å². The summed E-state index contributed by atoms with van der Waals surface area (Å²) in [6.07, 6.45) is 0. The molecular weight excluding hydrogens is 248 g/mol. The van der Waals surface area contributed by atoms with Gasteiger partial charge in [0.25, 0.3) is 0 Å². The minimum absolute atomic E-state index is 0.0121. The fourth-order valence-electron chi connectivity index (χ4n) is 1.62. The van der Waals surface area contributed by atoms with Crippen molar-refractivity contribution >= 4 is 0 Å². The average Bonchev–Trinajstić information content (AvgIpc) is 2.40. The standard InChI is InChI=1S/C15H11F2NO/c1-10-2-5-13(16)7-15(10)19-9-12-4-3-11(8-18)6-14(12)17/h2-7H,9H2,1H3. The Kier molecular flexibility index (Phi) is 3.76.